The number of carbonyl (C=O) groups is 2. The lowest BCUT2D eigenvalue weighted by Crippen LogP contribution is -2.34. The fourth-order valence-corrected chi connectivity index (χ4v) is 3.16. The molecule has 1 saturated heterocycles. The summed E-state index contributed by atoms with van der Waals surface area (Å²) in [5.41, 5.74) is 2.82. The Morgan fingerprint density at radius 1 is 1.38 bits per heavy atom. The molecule has 0 aliphatic carbocycles. The van der Waals surface area contributed by atoms with E-state index in [1.165, 1.54) is 13.2 Å². The van der Waals surface area contributed by atoms with Crippen LogP contribution in [-0.2, 0) is 9.59 Å². The van der Waals surface area contributed by atoms with Crippen LogP contribution in [0.15, 0.2) is 47.6 Å². The lowest BCUT2D eigenvalue weighted by Gasteiger charge is -2.15. The Labute approximate surface area is 165 Å². The number of phenols is 1. The Kier molecular flexibility index (Phi) is 5.72. The molecule has 2 aromatic carbocycles. The van der Waals surface area contributed by atoms with Crippen molar-refractivity contribution < 1.29 is 24.4 Å². The summed E-state index contributed by atoms with van der Waals surface area (Å²) in [4.78, 5) is 34.9. The minimum Gasteiger partial charge on any atom is -0.500 e. The number of benzene rings is 2. The number of hydrazone groups is 1. The first-order chi connectivity index (χ1) is 13.9. The number of hydrogen-bond donors (Lipinski definition) is 3. The van der Waals surface area contributed by atoms with Gasteiger partial charge in [0.25, 0.3) is 5.91 Å². The van der Waals surface area contributed by atoms with Gasteiger partial charge in [-0.2, -0.15) is 5.10 Å². The van der Waals surface area contributed by atoms with Crippen molar-refractivity contribution >= 4 is 23.7 Å². The van der Waals surface area contributed by atoms with E-state index in [-0.39, 0.29) is 17.2 Å². The van der Waals surface area contributed by atoms with Gasteiger partial charge in [-0.25, -0.2) is 5.43 Å². The summed E-state index contributed by atoms with van der Waals surface area (Å²) in [5, 5.41) is 27.3. The van der Waals surface area contributed by atoms with Crippen molar-refractivity contribution in [2.75, 3.05) is 13.7 Å². The highest BCUT2D eigenvalue weighted by atomic mass is 16.6. The molecule has 10 nitrogen and oxygen atoms in total. The Balaban J connectivity index is 1.76. The van der Waals surface area contributed by atoms with E-state index >= 15 is 0 Å². The highest BCUT2D eigenvalue weighted by molar-refractivity contribution is 6.03. The minimum atomic E-state index is -0.946. The monoisotopic (exact) mass is 398 g/mol. The molecule has 1 fully saturated rings. The standard InChI is InChI=1S/C19H18N4O6/c1-29-15-8-11(7-14(17(15)24)23(27)28)9-21-22-19(26)16-13(10-20-18(16)25)12-5-3-2-4-6-12/h2-9,13,16,24H,10H2,1H3,(H,20,25)(H,22,26)/t13-,16+/m1/s1. The van der Waals surface area contributed by atoms with Crippen molar-refractivity contribution in [2.24, 2.45) is 11.0 Å². The van der Waals surface area contributed by atoms with Crippen LogP contribution in [0.25, 0.3) is 0 Å². The molecule has 3 rings (SSSR count). The molecule has 2 aromatic rings. The number of rotatable bonds is 6. The molecule has 0 bridgehead atoms. The summed E-state index contributed by atoms with van der Waals surface area (Å²) in [6, 6.07) is 11.6. The SMILES string of the molecule is COc1cc(C=NNC(=O)[C@@H]2C(=O)NC[C@@H]2c2ccccc2)cc([N+](=O)[O-])c1O. The summed E-state index contributed by atoms with van der Waals surface area (Å²) < 4.78 is 4.91. The second-order valence-corrected chi connectivity index (χ2v) is 6.32. The van der Waals surface area contributed by atoms with Gasteiger partial charge in [-0.3, -0.25) is 19.7 Å². The number of ether oxygens (including phenoxy) is 1. The van der Waals surface area contributed by atoms with Gasteiger partial charge < -0.3 is 15.2 Å². The molecule has 0 spiro atoms. The molecule has 1 heterocycles. The van der Waals surface area contributed by atoms with E-state index in [1.807, 2.05) is 30.3 Å². The first kappa shape index (κ1) is 19.8. The molecule has 1 aliphatic heterocycles. The number of aromatic hydroxyl groups is 1. The molecule has 2 atom stereocenters. The van der Waals surface area contributed by atoms with Gasteiger partial charge in [0.2, 0.25) is 11.7 Å². The smallest absolute Gasteiger partial charge is 0.315 e. The van der Waals surface area contributed by atoms with E-state index < -0.39 is 34.1 Å². The summed E-state index contributed by atoms with van der Waals surface area (Å²) in [7, 11) is 1.25. The van der Waals surface area contributed by atoms with Crippen molar-refractivity contribution in [3.63, 3.8) is 0 Å². The van der Waals surface area contributed by atoms with Gasteiger partial charge in [0.15, 0.2) is 5.75 Å². The summed E-state index contributed by atoms with van der Waals surface area (Å²) >= 11 is 0. The zero-order valence-electron chi connectivity index (χ0n) is 15.4. The van der Waals surface area contributed by atoms with Crippen molar-refractivity contribution in [2.45, 2.75) is 5.92 Å². The number of nitrogens with zero attached hydrogens (tertiary/aromatic N) is 2. The Hall–Kier alpha value is -3.95. The Bertz CT molecular complexity index is 976. The number of hydrogen-bond acceptors (Lipinski definition) is 7. The molecule has 0 aromatic heterocycles. The number of nitro benzene ring substituents is 1. The molecule has 2 amide bonds. The van der Waals surface area contributed by atoms with Crippen LogP contribution in [-0.4, -0.2) is 41.7 Å². The topological polar surface area (TPSA) is 143 Å². The Morgan fingerprint density at radius 2 is 2.10 bits per heavy atom. The largest absolute Gasteiger partial charge is 0.500 e. The van der Waals surface area contributed by atoms with E-state index in [0.717, 1.165) is 17.8 Å². The van der Waals surface area contributed by atoms with Crippen LogP contribution in [0.3, 0.4) is 0 Å². The van der Waals surface area contributed by atoms with E-state index in [0.29, 0.717) is 6.54 Å². The number of carbonyl (C=O) groups excluding carboxylic acids is 2. The van der Waals surface area contributed by atoms with Crippen LogP contribution >= 0.6 is 0 Å². The second-order valence-electron chi connectivity index (χ2n) is 6.32. The van der Waals surface area contributed by atoms with Crippen molar-refractivity contribution in [1.82, 2.24) is 10.7 Å². The van der Waals surface area contributed by atoms with Crippen LogP contribution in [0.5, 0.6) is 11.5 Å². The fourth-order valence-electron chi connectivity index (χ4n) is 3.16. The van der Waals surface area contributed by atoms with E-state index in [4.69, 9.17) is 4.74 Å². The zero-order valence-corrected chi connectivity index (χ0v) is 15.4. The maximum Gasteiger partial charge on any atom is 0.315 e. The number of nitrogens with one attached hydrogen (secondary N) is 2. The number of amides is 2. The number of phenolic OH excluding ortho intramolecular Hbond substituents is 1. The van der Waals surface area contributed by atoms with Gasteiger partial charge in [-0.05, 0) is 11.6 Å². The third-order valence-corrected chi connectivity index (χ3v) is 4.57. The molecule has 10 heteroatoms. The maximum atomic E-state index is 12.5. The van der Waals surface area contributed by atoms with Crippen LogP contribution in [0.2, 0.25) is 0 Å². The average molecular weight is 398 g/mol. The van der Waals surface area contributed by atoms with Gasteiger partial charge in [0, 0.05) is 24.1 Å². The van der Waals surface area contributed by atoms with Crippen LogP contribution in [0.1, 0.15) is 17.0 Å². The molecule has 0 unspecified atom stereocenters. The van der Waals surface area contributed by atoms with Gasteiger partial charge in [-0.1, -0.05) is 30.3 Å². The lowest BCUT2D eigenvalue weighted by atomic mass is 9.88. The maximum absolute atomic E-state index is 12.5. The lowest BCUT2D eigenvalue weighted by molar-refractivity contribution is -0.386. The first-order valence-corrected chi connectivity index (χ1v) is 8.63. The third kappa shape index (κ3) is 4.15. The van der Waals surface area contributed by atoms with Gasteiger partial charge in [0.1, 0.15) is 5.92 Å². The quantitative estimate of drug-likeness (QED) is 0.290. The summed E-state index contributed by atoms with van der Waals surface area (Å²) in [5.74, 6) is -2.97. The number of nitro groups is 1. The van der Waals surface area contributed by atoms with Crippen LogP contribution < -0.4 is 15.5 Å². The van der Waals surface area contributed by atoms with E-state index in [9.17, 15) is 24.8 Å². The third-order valence-electron chi connectivity index (χ3n) is 4.57. The summed E-state index contributed by atoms with van der Waals surface area (Å²) in [6.45, 7) is 0.339. The zero-order chi connectivity index (χ0) is 21.0. The minimum absolute atomic E-state index is 0.105. The molecule has 29 heavy (non-hydrogen) atoms. The highest BCUT2D eigenvalue weighted by Gasteiger charge is 2.40. The predicted molar refractivity (Wildman–Crippen MR) is 103 cm³/mol. The first-order valence-electron chi connectivity index (χ1n) is 8.63. The van der Waals surface area contributed by atoms with Crippen LogP contribution in [0.4, 0.5) is 5.69 Å². The van der Waals surface area contributed by atoms with Gasteiger partial charge in [-0.15, -0.1) is 0 Å². The molecular weight excluding hydrogens is 380 g/mol. The molecule has 0 saturated carbocycles. The highest BCUT2D eigenvalue weighted by Crippen LogP contribution is 2.36. The van der Waals surface area contributed by atoms with Crippen LogP contribution in [0, 0.1) is 16.0 Å². The van der Waals surface area contributed by atoms with Gasteiger partial charge >= 0.3 is 5.69 Å². The summed E-state index contributed by atoms with van der Waals surface area (Å²) in [6.07, 6.45) is 1.16. The average Bonchev–Trinajstić information content (AvgIpc) is 3.10. The van der Waals surface area contributed by atoms with Crippen molar-refractivity contribution in [1.29, 1.82) is 0 Å². The van der Waals surface area contributed by atoms with Crippen molar-refractivity contribution in [3.05, 3.63) is 63.7 Å². The fraction of sp³-hybridized carbons (Fsp3) is 0.211. The molecular formula is C19H18N4O6. The normalized spacial score (nSPS) is 18.4. The number of methoxy groups -OCH3 is 1. The van der Waals surface area contributed by atoms with Gasteiger partial charge in [0.05, 0.1) is 18.2 Å². The Morgan fingerprint density at radius 3 is 2.76 bits per heavy atom. The molecule has 0 radical (unpaired) electrons. The molecule has 3 N–H and O–H groups in total. The predicted octanol–water partition coefficient (Wildman–Crippen LogP) is 1.29. The van der Waals surface area contributed by atoms with E-state index in [2.05, 4.69) is 15.8 Å². The molecule has 150 valence electrons. The van der Waals surface area contributed by atoms with E-state index in [1.54, 1.807) is 0 Å². The second kappa shape index (κ2) is 8.38. The van der Waals surface area contributed by atoms with Crippen molar-refractivity contribution in [3.8, 4) is 11.5 Å². The molecule has 1 aliphatic rings.